The predicted molar refractivity (Wildman–Crippen MR) is 133 cm³/mol. The first-order chi connectivity index (χ1) is 16.9. The van der Waals surface area contributed by atoms with Crippen molar-refractivity contribution >= 4 is 29.3 Å². The molecule has 3 N–H and O–H groups in total. The van der Waals surface area contributed by atoms with E-state index in [0.717, 1.165) is 10.5 Å². The first-order valence-corrected chi connectivity index (χ1v) is 12.1. The molecule has 0 spiro atoms. The van der Waals surface area contributed by atoms with E-state index in [1.54, 1.807) is 36.4 Å². The summed E-state index contributed by atoms with van der Waals surface area (Å²) >= 11 is 1.28. The molecular weight excluding hydrogens is 469 g/mol. The highest BCUT2D eigenvalue weighted by Gasteiger charge is 2.21. The Morgan fingerprint density at radius 3 is 2.63 bits per heavy atom. The summed E-state index contributed by atoms with van der Waals surface area (Å²) in [5.74, 6) is 0.618. The number of thioether (sulfide) groups is 1. The van der Waals surface area contributed by atoms with Crippen LogP contribution in [-0.4, -0.2) is 45.0 Å². The Balaban J connectivity index is 1.36. The van der Waals surface area contributed by atoms with E-state index in [1.807, 2.05) is 32.3 Å². The number of carbonyl (C=O) groups is 2. The topological polar surface area (TPSA) is 81.1 Å². The van der Waals surface area contributed by atoms with E-state index < -0.39 is 0 Å². The third kappa shape index (κ3) is 6.32. The summed E-state index contributed by atoms with van der Waals surface area (Å²) in [7, 11) is 3.93. The minimum absolute atomic E-state index is 0.109. The summed E-state index contributed by atoms with van der Waals surface area (Å²) in [5, 5.41) is 5.80. The maximum Gasteiger partial charge on any atom is 0.252 e. The van der Waals surface area contributed by atoms with Crippen LogP contribution < -0.4 is 25.0 Å². The lowest BCUT2D eigenvalue weighted by atomic mass is 10.1. The van der Waals surface area contributed by atoms with Gasteiger partial charge in [0.05, 0.1) is 32.0 Å². The van der Waals surface area contributed by atoms with Gasteiger partial charge in [-0.1, -0.05) is 24.3 Å². The number of fused-ring (bicyclic) bond motifs is 1. The molecule has 1 aliphatic heterocycles. The summed E-state index contributed by atoms with van der Waals surface area (Å²) in [6.45, 7) is 0.508. The summed E-state index contributed by atoms with van der Waals surface area (Å²) in [6.07, 6.45) is 0. The predicted octanol–water partition coefficient (Wildman–Crippen LogP) is 2.90. The lowest BCUT2D eigenvalue weighted by Crippen LogP contribution is -3.07. The molecular formula is C26H27FN3O4S+. The normalized spacial score (nSPS) is 12.9. The van der Waals surface area contributed by atoms with Crippen LogP contribution in [0.5, 0.6) is 11.5 Å². The number of rotatable bonds is 9. The van der Waals surface area contributed by atoms with E-state index in [4.69, 9.17) is 9.47 Å². The van der Waals surface area contributed by atoms with Crippen LogP contribution in [0.25, 0.3) is 0 Å². The Morgan fingerprint density at radius 1 is 1.03 bits per heavy atom. The number of anilines is 1. The lowest BCUT2D eigenvalue weighted by molar-refractivity contribution is -0.890. The number of likely N-dealkylation sites (N-methyl/N-ethyl adjacent to an activating group) is 1. The molecule has 0 aromatic heterocycles. The zero-order valence-corrected chi connectivity index (χ0v) is 20.3. The fourth-order valence-electron chi connectivity index (χ4n) is 3.76. The van der Waals surface area contributed by atoms with E-state index in [9.17, 15) is 14.0 Å². The van der Waals surface area contributed by atoms with Gasteiger partial charge >= 0.3 is 0 Å². The number of halogens is 1. The van der Waals surface area contributed by atoms with Crippen molar-refractivity contribution in [2.24, 2.45) is 0 Å². The smallest absolute Gasteiger partial charge is 0.252 e. The van der Waals surface area contributed by atoms with Crippen molar-refractivity contribution in [1.82, 2.24) is 5.32 Å². The third-order valence-electron chi connectivity index (χ3n) is 5.56. The van der Waals surface area contributed by atoms with Crippen LogP contribution in [-0.2, 0) is 4.79 Å². The highest BCUT2D eigenvalue weighted by Crippen LogP contribution is 2.34. The number of amides is 2. The second kappa shape index (κ2) is 11.2. The molecule has 0 bridgehead atoms. The van der Waals surface area contributed by atoms with Gasteiger partial charge < -0.3 is 25.0 Å². The zero-order valence-electron chi connectivity index (χ0n) is 19.5. The molecule has 35 heavy (non-hydrogen) atoms. The molecule has 2 amide bonds. The number of hydrogen-bond acceptors (Lipinski definition) is 5. The van der Waals surface area contributed by atoms with E-state index in [1.165, 1.54) is 23.9 Å². The molecule has 1 heterocycles. The molecule has 0 fully saturated rings. The summed E-state index contributed by atoms with van der Waals surface area (Å²) in [6, 6.07) is 18.7. The van der Waals surface area contributed by atoms with Gasteiger partial charge in [-0.25, -0.2) is 4.39 Å². The SMILES string of the molecule is C[NH+](C)C(CNC(=O)c1ccccc1SCC(=O)Nc1ccc2c(c1)OCO2)c1cccc(F)c1. The summed E-state index contributed by atoms with van der Waals surface area (Å²) < 4.78 is 24.3. The maximum atomic E-state index is 13.7. The van der Waals surface area contributed by atoms with Crippen LogP contribution >= 0.6 is 11.8 Å². The number of carbonyl (C=O) groups excluding carboxylic acids is 2. The van der Waals surface area contributed by atoms with E-state index >= 15 is 0 Å². The van der Waals surface area contributed by atoms with Gasteiger partial charge in [-0.15, -0.1) is 11.8 Å². The second-order valence-electron chi connectivity index (χ2n) is 8.30. The Hall–Kier alpha value is -3.56. The minimum Gasteiger partial charge on any atom is -0.454 e. The molecule has 3 aromatic carbocycles. The van der Waals surface area contributed by atoms with E-state index in [-0.39, 0.29) is 36.2 Å². The van der Waals surface area contributed by atoms with Crippen LogP contribution in [0.15, 0.2) is 71.6 Å². The molecule has 1 unspecified atom stereocenters. The van der Waals surface area contributed by atoms with Gasteiger partial charge in [0.25, 0.3) is 5.91 Å². The molecule has 9 heteroatoms. The monoisotopic (exact) mass is 496 g/mol. The number of nitrogens with one attached hydrogen (secondary N) is 3. The van der Waals surface area contributed by atoms with Crippen molar-refractivity contribution in [2.75, 3.05) is 38.5 Å². The molecule has 3 aromatic rings. The molecule has 182 valence electrons. The van der Waals surface area contributed by atoms with Gasteiger partial charge in [0, 0.05) is 22.2 Å². The van der Waals surface area contributed by atoms with Gasteiger partial charge in [0.1, 0.15) is 11.9 Å². The van der Waals surface area contributed by atoms with Gasteiger partial charge in [-0.05, 0) is 36.4 Å². The molecule has 0 saturated heterocycles. The largest absolute Gasteiger partial charge is 0.454 e. The zero-order chi connectivity index (χ0) is 24.8. The minimum atomic E-state index is -0.305. The average Bonchev–Trinajstić information content (AvgIpc) is 3.31. The molecule has 7 nitrogen and oxygen atoms in total. The first-order valence-electron chi connectivity index (χ1n) is 11.2. The molecule has 1 atom stereocenters. The Bertz CT molecular complexity index is 1220. The maximum absolute atomic E-state index is 13.7. The van der Waals surface area contributed by atoms with Gasteiger partial charge in [0.2, 0.25) is 12.7 Å². The van der Waals surface area contributed by atoms with E-state index in [0.29, 0.717) is 34.2 Å². The number of hydrogen-bond donors (Lipinski definition) is 3. The molecule has 0 radical (unpaired) electrons. The summed E-state index contributed by atoms with van der Waals surface area (Å²) in [5.41, 5.74) is 1.91. The Morgan fingerprint density at radius 2 is 1.83 bits per heavy atom. The van der Waals surface area contributed by atoms with Crippen LogP contribution in [0.3, 0.4) is 0 Å². The van der Waals surface area contributed by atoms with Crippen LogP contribution in [0.2, 0.25) is 0 Å². The number of ether oxygens (including phenoxy) is 2. The van der Waals surface area contributed by atoms with Gasteiger partial charge in [-0.2, -0.15) is 0 Å². The molecule has 0 aliphatic carbocycles. The Labute approximate surface area is 207 Å². The van der Waals surface area contributed by atoms with Crippen LogP contribution in [0.1, 0.15) is 22.0 Å². The molecule has 0 saturated carbocycles. The van der Waals surface area contributed by atoms with Gasteiger partial charge in [0.15, 0.2) is 11.5 Å². The number of benzene rings is 3. The van der Waals surface area contributed by atoms with Gasteiger partial charge in [-0.3, -0.25) is 9.59 Å². The molecule has 1 aliphatic rings. The van der Waals surface area contributed by atoms with Crippen molar-refractivity contribution in [3.8, 4) is 11.5 Å². The lowest BCUT2D eigenvalue weighted by Gasteiger charge is -2.22. The first kappa shape index (κ1) is 24.6. The van der Waals surface area contributed by atoms with Crippen molar-refractivity contribution in [3.63, 3.8) is 0 Å². The van der Waals surface area contributed by atoms with Crippen molar-refractivity contribution in [2.45, 2.75) is 10.9 Å². The van der Waals surface area contributed by atoms with E-state index in [2.05, 4.69) is 10.6 Å². The average molecular weight is 497 g/mol. The van der Waals surface area contributed by atoms with Crippen molar-refractivity contribution < 1.29 is 28.4 Å². The number of quaternary nitrogens is 1. The second-order valence-corrected chi connectivity index (χ2v) is 9.31. The third-order valence-corrected chi connectivity index (χ3v) is 6.64. The standard InChI is InChI=1S/C26H26FN3O4S/c1-30(2)21(17-6-5-7-18(27)12-17)14-28-26(32)20-8-3-4-9-24(20)35-15-25(31)29-19-10-11-22-23(13-19)34-16-33-22/h3-13,21H,14-16H2,1-2H3,(H,28,32)(H,29,31)/p+1. The van der Waals surface area contributed by atoms with Crippen LogP contribution in [0.4, 0.5) is 10.1 Å². The quantitative estimate of drug-likeness (QED) is 0.397. The fourth-order valence-corrected chi connectivity index (χ4v) is 4.61. The van der Waals surface area contributed by atoms with Crippen LogP contribution in [0, 0.1) is 5.82 Å². The Kier molecular flexibility index (Phi) is 7.89. The summed E-state index contributed by atoms with van der Waals surface area (Å²) in [4.78, 5) is 27.3. The highest BCUT2D eigenvalue weighted by molar-refractivity contribution is 8.00. The van der Waals surface area contributed by atoms with Crippen molar-refractivity contribution in [1.29, 1.82) is 0 Å². The van der Waals surface area contributed by atoms with Crippen molar-refractivity contribution in [3.05, 3.63) is 83.7 Å². The molecule has 4 rings (SSSR count). The fraction of sp³-hybridized carbons (Fsp3) is 0.231. The highest BCUT2D eigenvalue weighted by atomic mass is 32.2.